The van der Waals surface area contributed by atoms with Crippen molar-refractivity contribution in [2.24, 2.45) is 0 Å². The highest BCUT2D eigenvalue weighted by molar-refractivity contribution is 5.86. The van der Waals surface area contributed by atoms with Crippen LogP contribution in [0.1, 0.15) is 53.6 Å². The van der Waals surface area contributed by atoms with E-state index in [1.807, 2.05) is 6.92 Å². The number of carboxylic acids is 1. The maximum absolute atomic E-state index is 11.1. The Hall–Kier alpha value is -2.25. The summed E-state index contributed by atoms with van der Waals surface area (Å²) in [7, 11) is 0. The molecule has 0 aliphatic heterocycles. The van der Waals surface area contributed by atoms with Crippen molar-refractivity contribution >= 4 is 5.97 Å². The van der Waals surface area contributed by atoms with Gasteiger partial charge in [0.25, 0.3) is 0 Å². The average Bonchev–Trinajstić information content (AvgIpc) is 2.98. The molecule has 1 saturated carbocycles. The molecule has 1 aliphatic carbocycles. The molecule has 0 aromatic carbocycles. The Bertz CT molecular complexity index is 614. The molecule has 19 heavy (non-hydrogen) atoms. The molecule has 0 radical (unpaired) electrons. The van der Waals surface area contributed by atoms with Crippen LogP contribution >= 0.6 is 0 Å². The van der Waals surface area contributed by atoms with Crippen LogP contribution < -0.4 is 0 Å². The van der Waals surface area contributed by atoms with E-state index < -0.39 is 5.97 Å². The monoisotopic (exact) mass is 263 g/mol. The van der Waals surface area contributed by atoms with Gasteiger partial charge in [0.15, 0.2) is 11.5 Å². The van der Waals surface area contributed by atoms with E-state index in [0.29, 0.717) is 23.8 Å². The zero-order valence-electron chi connectivity index (χ0n) is 10.4. The van der Waals surface area contributed by atoms with Gasteiger partial charge in [0, 0.05) is 12.3 Å². The second-order valence-electron chi connectivity index (χ2n) is 4.52. The van der Waals surface area contributed by atoms with Gasteiger partial charge in [-0.25, -0.2) is 9.48 Å². The molecule has 0 amide bonds. The highest BCUT2D eigenvalue weighted by Gasteiger charge is 2.34. The molecular weight excluding hydrogens is 250 g/mol. The molecule has 0 atom stereocenters. The van der Waals surface area contributed by atoms with E-state index in [4.69, 9.17) is 9.63 Å². The number of aromatic nitrogens is 5. The Balaban J connectivity index is 1.90. The van der Waals surface area contributed by atoms with Crippen molar-refractivity contribution in [3.8, 4) is 0 Å². The van der Waals surface area contributed by atoms with E-state index in [1.165, 1.54) is 0 Å². The van der Waals surface area contributed by atoms with Gasteiger partial charge < -0.3 is 9.63 Å². The molecule has 0 unspecified atom stereocenters. The highest BCUT2D eigenvalue weighted by Crippen LogP contribution is 2.41. The van der Waals surface area contributed by atoms with Crippen LogP contribution in [0.15, 0.2) is 4.52 Å². The van der Waals surface area contributed by atoms with Crippen LogP contribution in [0.25, 0.3) is 0 Å². The molecule has 8 nitrogen and oxygen atoms in total. The number of rotatable bonds is 5. The molecule has 0 bridgehead atoms. The summed E-state index contributed by atoms with van der Waals surface area (Å²) in [4.78, 5) is 15.3. The van der Waals surface area contributed by atoms with Gasteiger partial charge in [-0.05, 0) is 12.8 Å². The van der Waals surface area contributed by atoms with E-state index in [2.05, 4.69) is 20.5 Å². The van der Waals surface area contributed by atoms with Crippen molar-refractivity contribution in [3.05, 3.63) is 23.1 Å². The molecule has 2 heterocycles. The third-order valence-electron chi connectivity index (χ3n) is 3.04. The van der Waals surface area contributed by atoms with Crippen LogP contribution in [0.3, 0.4) is 0 Å². The predicted octanol–water partition coefficient (Wildman–Crippen LogP) is 0.847. The van der Waals surface area contributed by atoms with Crippen LogP contribution in [-0.2, 0) is 13.0 Å². The first-order valence-electron chi connectivity index (χ1n) is 6.17. The van der Waals surface area contributed by atoms with Gasteiger partial charge in [0.2, 0.25) is 5.89 Å². The molecule has 0 spiro atoms. The first kappa shape index (κ1) is 11.8. The van der Waals surface area contributed by atoms with Crippen LogP contribution in [0.2, 0.25) is 0 Å². The quantitative estimate of drug-likeness (QED) is 0.851. The molecular formula is C11H13N5O3. The van der Waals surface area contributed by atoms with Gasteiger partial charge in [-0.3, -0.25) is 0 Å². The Morgan fingerprint density at radius 1 is 1.53 bits per heavy atom. The average molecular weight is 263 g/mol. The van der Waals surface area contributed by atoms with E-state index in [1.54, 1.807) is 4.68 Å². The maximum atomic E-state index is 11.1. The number of nitrogens with zero attached hydrogens (tertiary/aromatic N) is 5. The fourth-order valence-electron chi connectivity index (χ4n) is 1.98. The minimum atomic E-state index is -1.05. The second-order valence-corrected chi connectivity index (χ2v) is 4.52. The molecule has 2 aromatic heterocycles. The van der Waals surface area contributed by atoms with Crippen molar-refractivity contribution in [3.63, 3.8) is 0 Å². The minimum absolute atomic E-state index is 0.0294. The van der Waals surface area contributed by atoms with E-state index >= 15 is 0 Å². The summed E-state index contributed by atoms with van der Waals surface area (Å²) in [6.07, 6.45) is 2.61. The number of carbonyl (C=O) groups is 1. The Morgan fingerprint density at radius 3 is 2.89 bits per heavy atom. The molecule has 3 rings (SSSR count). The summed E-state index contributed by atoms with van der Waals surface area (Å²) in [5.41, 5.74) is 0.692. The summed E-state index contributed by atoms with van der Waals surface area (Å²) in [5.74, 6) is 0.233. The predicted molar refractivity (Wildman–Crippen MR) is 61.7 cm³/mol. The van der Waals surface area contributed by atoms with E-state index in [9.17, 15) is 4.79 Å². The summed E-state index contributed by atoms with van der Waals surface area (Å²) in [6, 6.07) is 0. The SMILES string of the molecule is CCc1nc(Cn2nnc(C(=O)O)c2C2CC2)no1. The van der Waals surface area contributed by atoms with Crippen molar-refractivity contribution in [2.75, 3.05) is 0 Å². The molecule has 100 valence electrons. The van der Waals surface area contributed by atoms with Gasteiger partial charge in [0.1, 0.15) is 6.54 Å². The molecule has 0 saturated heterocycles. The summed E-state index contributed by atoms with van der Waals surface area (Å²) < 4.78 is 6.58. The first-order chi connectivity index (χ1) is 9.19. The topological polar surface area (TPSA) is 107 Å². The minimum Gasteiger partial charge on any atom is -0.476 e. The molecule has 1 aliphatic rings. The summed E-state index contributed by atoms with van der Waals surface area (Å²) in [5, 5.41) is 20.6. The summed E-state index contributed by atoms with van der Waals surface area (Å²) in [6.45, 7) is 2.21. The molecule has 1 N–H and O–H groups in total. The van der Waals surface area contributed by atoms with Crippen LogP contribution in [0.5, 0.6) is 0 Å². The lowest BCUT2D eigenvalue weighted by Gasteiger charge is -2.02. The van der Waals surface area contributed by atoms with Crippen LogP contribution in [-0.4, -0.2) is 36.2 Å². The standard InChI is InChI=1S/C11H13N5O3/c1-2-8-12-7(14-19-8)5-16-10(6-3-4-6)9(11(17)18)13-15-16/h6H,2-5H2,1H3,(H,17,18). The summed E-state index contributed by atoms with van der Waals surface area (Å²) >= 11 is 0. The lowest BCUT2D eigenvalue weighted by molar-refractivity contribution is 0.0689. The normalized spacial score (nSPS) is 14.8. The third kappa shape index (κ3) is 2.20. The lowest BCUT2D eigenvalue weighted by Crippen LogP contribution is -2.09. The third-order valence-corrected chi connectivity index (χ3v) is 3.04. The molecule has 2 aromatic rings. The zero-order valence-corrected chi connectivity index (χ0v) is 10.4. The highest BCUT2D eigenvalue weighted by atomic mass is 16.5. The van der Waals surface area contributed by atoms with Gasteiger partial charge >= 0.3 is 5.97 Å². The maximum Gasteiger partial charge on any atom is 0.358 e. The number of carboxylic acid groups (broad SMARTS) is 1. The Kier molecular flexibility index (Phi) is 2.77. The van der Waals surface area contributed by atoms with Crippen molar-refractivity contribution < 1.29 is 14.4 Å². The largest absolute Gasteiger partial charge is 0.476 e. The van der Waals surface area contributed by atoms with Gasteiger partial charge in [-0.2, -0.15) is 4.98 Å². The Morgan fingerprint density at radius 2 is 2.32 bits per heavy atom. The number of hydrogen-bond acceptors (Lipinski definition) is 6. The van der Waals surface area contributed by atoms with Crippen molar-refractivity contribution in [2.45, 2.75) is 38.6 Å². The van der Waals surface area contributed by atoms with Gasteiger partial charge in [-0.15, -0.1) is 5.10 Å². The lowest BCUT2D eigenvalue weighted by atomic mass is 10.2. The van der Waals surface area contributed by atoms with Crippen LogP contribution in [0.4, 0.5) is 0 Å². The zero-order chi connectivity index (χ0) is 13.4. The fourth-order valence-corrected chi connectivity index (χ4v) is 1.98. The van der Waals surface area contributed by atoms with Gasteiger partial charge in [0.05, 0.1) is 5.69 Å². The number of aromatic carboxylic acids is 1. The van der Waals surface area contributed by atoms with Gasteiger partial charge in [-0.1, -0.05) is 17.3 Å². The van der Waals surface area contributed by atoms with Crippen molar-refractivity contribution in [1.29, 1.82) is 0 Å². The Labute approximate surface area is 108 Å². The smallest absolute Gasteiger partial charge is 0.358 e. The molecule has 1 fully saturated rings. The van der Waals surface area contributed by atoms with Crippen molar-refractivity contribution in [1.82, 2.24) is 25.1 Å². The first-order valence-corrected chi connectivity index (χ1v) is 6.17. The second kappa shape index (κ2) is 4.45. The molecule has 8 heteroatoms. The van der Waals surface area contributed by atoms with E-state index in [-0.39, 0.29) is 18.2 Å². The number of aryl methyl sites for hydroxylation is 1. The number of hydrogen-bond donors (Lipinski definition) is 1. The van der Waals surface area contributed by atoms with Crippen LogP contribution in [0, 0.1) is 0 Å². The fraction of sp³-hybridized carbons (Fsp3) is 0.545. The van der Waals surface area contributed by atoms with E-state index in [0.717, 1.165) is 12.8 Å².